The van der Waals surface area contributed by atoms with E-state index in [1.54, 1.807) is 7.11 Å². The van der Waals surface area contributed by atoms with Crippen molar-refractivity contribution in [2.45, 2.75) is 31.6 Å². The zero-order chi connectivity index (χ0) is 24.2. The van der Waals surface area contributed by atoms with E-state index >= 15 is 0 Å². The second-order valence-corrected chi connectivity index (χ2v) is 9.04. The minimum Gasteiger partial charge on any atom is -0.460 e. The first-order chi connectivity index (χ1) is 16.4. The molecule has 2 atom stereocenters. The lowest BCUT2D eigenvalue weighted by molar-refractivity contribution is -0.140. The number of anilines is 1. The van der Waals surface area contributed by atoms with E-state index in [-0.39, 0.29) is 18.3 Å². The van der Waals surface area contributed by atoms with Gasteiger partial charge in [0.25, 0.3) is 0 Å². The van der Waals surface area contributed by atoms with Crippen LogP contribution in [0.5, 0.6) is 0 Å². The zero-order valence-corrected chi connectivity index (χ0v) is 20.3. The monoisotopic (exact) mass is 460 g/mol. The number of rotatable bonds is 7. The third-order valence-electron chi connectivity index (χ3n) is 6.58. The molecule has 4 rings (SSSR count). The van der Waals surface area contributed by atoms with Gasteiger partial charge in [-0.3, -0.25) is 4.79 Å². The Morgan fingerprint density at radius 1 is 1.00 bits per heavy atom. The van der Waals surface area contributed by atoms with E-state index in [0.717, 1.165) is 34.6 Å². The highest BCUT2D eigenvalue weighted by Crippen LogP contribution is 2.45. The molecule has 1 N–H and O–H groups in total. The molecule has 6 nitrogen and oxygen atoms in total. The second-order valence-electron chi connectivity index (χ2n) is 9.04. The van der Waals surface area contributed by atoms with Crippen molar-refractivity contribution >= 4 is 17.4 Å². The fraction of sp³-hybridized carbons (Fsp3) is 0.357. The maximum atomic E-state index is 13.6. The van der Waals surface area contributed by atoms with Crippen LogP contribution in [0.4, 0.5) is 5.69 Å². The zero-order valence-electron chi connectivity index (χ0n) is 20.3. The van der Waals surface area contributed by atoms with E-state index < -0.39 is 11.9 Å². The van der Waals surface area contributed by atoms with Gasteiger partial charge in [-0.1, -0.05) is 42.5 Å². The van der Waals surface area contributed by atoms with Crippen LogP contribution in [0.3, 0.4) is 0 Å². The first-order valence-electron chi connectivity index (χ1n) is 11.6. The largest absolute Gasteiger partial charge is 0.460 e. The molecule has 0 radical (unpaired) electrons. The minimum atomic E-state index is -0.466. The number of ketones is 1. The van der Waals surface area contributed by atoms with Gasteiger partial charge in [0.2, 0.25) is 0 Å². The number of carbonyl (C=O) groups is 2. The molecule has 0 unspecified atom stereocenters. The third-order valence-corrected chi connectivity index (χ3v) is 6.58. The number of Topliss-reactive ketones (excluding diaryl/α,β-unsaturated/α-hetero) is 1. The number of benzene rings is 2. The quantitative estimate of drug-likeness (QED) is 0.491. The van der Waals surface area contributed by atoms with Crippen LogP contribution >= 0.6 is 0 Å². The predicted molar refractivity (Wildman–Crippen MR) is 133 cm³/mol. The maximum Gasteiger partial charge on any atom is 0.336 e. The number of nitrogens with one attached hydrogen (secondary N) is 1. The van der Waals surface area contributed by atoms with E-state index in [1.807, 2.05) is 68.4 Å². The number of hydrogen-bond donors (Lipinski definition) is 1. The molecule has 0 saturated carbocycles. The molecular weight excluding hydrogens is 428 g/mol. The van der Waals surface area contributed by atoms with Crippen LogP contribution in [0.25, 0.3) is 0 Å². The molecule has 0 amide bonds. The van der Waals surface area contributed by atoms with Crippen molar-refractivity contribution in [2.75, 3.05) is 39.3 Å². The average molecular weight is 461 g/mol. The summed E-state index contributed by atoms with van der Waals surface area (Å²) < 4.78 is 10.5. The summed E-state index contributed by atoms with van der Waals surface area (Å²) in [5.74, 6) is -0.710. The van der Waals surface area contributed by atoms with Gasteiger partial charge in [-0.05, 0) is 42.5 Å². The summed E-state index contributed by atoms with van der Waals surface area (Å²) in [6, 6.07) is 18.2. The van der Waals surface area contributed by atoms with Crippen LogP contribution in [-0.2, 0) is 19.1 Å². The van der Waals surface area contributed by atoms with Gasteiger partial charge < -0.3 is 19.7 Å². The molecule has 34 heavy (non-hydrogen) atoms. The highest BCUT2D eigenvalue weighted by molar-refractivity contribution is 6.04. The lowest BCUT2D eigenvalue weighted by Crippen LogP contribution is -2.36. The Balaban J connectivity index is 1.75. The van der Waals surface area contributed by atoms with E-state index in [1.165, 1.54) is 0 Å². The minimum absolute atomic E-state index is 0.0685. The van der Waals surface area contributed by atoms with Crippen molar-refractivity contribution in [3.05, 3.63) is 88.3 Å². The van der Waals surface area contributed by atoms with E-state index in [9.17, 15) is 9.59 Å². The van der Waals surface area contributed by atoms with E-state index in [2.05, 4.69) is 17.4 Å². The van der Waals surface area contributed by atoms with Gasteiger partial charge >= 0.3 is 5.97 Å². The predicted octanol–water partition coefficient (Wildman–Crippen LogP) is 4.30. The highest BCUT2D eigenvalue weighted by atomic mass is 16.6. The summed E-state index contributed by atoms with van der Waals surface area (Å²) in [7, 11) is 5.53. The maximum absolute atomic E-state index is 13.6. The van der Waals surface area contributed by atoms with Crippen molar-refractivity contribution in [1.82, 2.24) is 5.32 Å². The fourth-order valence-electron chi connectivity index (χ4n) is 4.86. The van der Waals surface area contributed by atoms with Gasteiger partial charge in [0.15, 0.2) is 5.78 Å². The van der Waals surface area contributed by atoms with Crippen LogP contribution in [-0.4, -0.2) is 46.2 Å². The summed E-state index contributed by atoms with van der Waals surface area (Å²) in [6.45, 7) is 2.36. The molecule has 178 valence electrons. The van der Waals surface area contributed by atoms with Crippen molar-refractivity contribution in [1.29, 1.82) is 0 Å². The number of carbonyl (C=O) groups excluding carboxylic acids is 2. The molecule has 2 aromatic rings. The van der Waals surface area contributed by atoms with Crippen LogP contribution in [0.15, 0.2) is 77.1 Å². The first kappa shape index (κ1) is 23.8. The Bertz CT molecular complexity index is 1120. The van der Waals surface area contributed by atoms with E-state index in [4.69, 9.17) is 9.47 Å². The van der Waals surface area contributed by atoms with Gasteiger partial charge in [-0.2, -0.15) is 0 Å². The van der Waals surface area contributed by atoms with Crippen LogP contribution in [0.2, 0.25) is 0 Å². The van der Waals surface area contributed by atoms with Crippen molar-refractivity contribution in [3.8, 4) is 0 Å². The van der Waals surface area contributed by atoms with E-state index in [0.29, 0.717) is 24.2 Å². The number of methoxy groups -OCH3 is 1. The SMILES string of the molecule is COCCOC(=O)C1=C(C)NC2=C(C(=O)C[C@@H](c3ccccc3)C2)[C@H]1c1ccc(N(C)C)cc1. The average Bonchev–Trinajstić information content (AvgIpc) is 2.83. The molecule has 0 aromatic heterocycles. The molecule has 1 aliphatic carbocycles. The molecule has 0 fully saturated rings. The Hall–Kier alpha value is -3.38. The van der Waals surface area contributed by atoms with Gasteiger partial charge in [-0.15, -0.1) is 0 Å². The lowest BCUT2D eigenvalue weighted by Gasteiger charge is -2.36. The number of ether oxygens (including phenoxy) is 2. The van der Waals surface area contributed by atoms with Crippen molar-refractivity contribution in [3.63, 3.8) is 0 Å². The van der Waals surface area contributed by atoms with Gasteiger partial charge in [0.1, 0.15) is 6.61 Å². The Kier molecular flexibility index (Phi) is 7.17. The topological polar surface area (TPSA) is 67.9 Å². The third kappa shape index (κ3) is 4.77. The summed E-state index contributed by atoms with van der Waals surface area (Å²) >= 11 is 0. The lowest BCUT2D eigenvalue weighted by atomic mass is 9.71. The second kappa shape index (κ2) is 10.3. The molecule has 6 heteroatoms. The molecule has 2 aliphatic rings. The van der Waals surface area contributed by atoms with Crippen LogP contribution in [0.1, 0.15) is 42.7 Å². The Morgan fingerprint density at radius 3 is 2.35 bits per heavy atom. The normalized spacial score (nSPS) is 20.1. The molecule has 1 heterocycles. The molecule has 0 bridgehead atoms. The number of dihydropyridines is 1. The molecule has 1 aliphatic heterocycles. The number of esters is 1. The van der Waals surface area contributed by atoms with Crippen molar-refractivity contribution < 1.29 is 19.1 Å². The van der Waals surface area contributed by atoms with Gasteiger partial charge in [0.05, 0.1) is 12.2 Å². The highest BCUT2D eigenvalue weighted by Gasteiger charge is 2.41. The van der Waals surface area contributed by atoms with Crippen molar-refractivity contribution in [2.24, 2.45) is 0 Å². The number of nitrogens with zero attached hydrogens (tertiary/aromatic N) is 1. The smallest absolute Gasteiger partial charge is 0.336 e. The summed E-state index contributed by atoms with van der Waals surface area (Å²) in [4.78, 5) is 28.8. The number of hydrogen-bond acceptors (Lipinski definition) is 6. The first-order valence-corrected chi connectivity index (χ1v) is 11.6. The Labute approximate surface area is 201 Å². The summed E-state index contributed by atoms with van der Waals surface area (Å²) in [5.41, 5.74) is 5.90. The number of allylic oxidation sites excluding steroid dienone is 3. The molecule has 0 saturated heterocycles. The van der Waals surface area contributed by atoms with Gasteiger partial charge in [-0.25, -0.2) is 4.79 Å². The Morgan fingerprint density at radius 2 is 1.71 bits per heavy atom. The molecular formula is C28H32N2O4. The summed E-state index contributed by atoms with van der Waals surface area (Å²) in [6.07, 6.45) is 1.14. The summed E-state index contributed by atoms with van der Waals surface area (Å²) in [5, 5.41) is 3.40. The molecule has 0 spiro atoms. The molecule has 2 aromatic carbocycles. The van der Waals surface area contributed by atoms with Crippen LogP contribution in [0, 0.1) is 0 Å². The fourth-order valence-corrected chi connectivity index (χ4v) is 4.86. The standard InChI is InChI=1S/C28H32N2O4/c1-18-25(28(32)34-15-14-33-4)26(20-10-12-22(13-11-20)30(2)3)27-23(29-18)16-21(17-24(27)31)19-8-6-5-7-9-19/h5-13,21,26,29H,14-17H2,1-4H3/t21-,26-/m0/s1. The van der Waals surface area contributed by atoms with Gasteiger partial charge in [0, 0.05) is 56.2 Å². The van der Waals surface area contributed by atoms with Crippen LogP contribution < -0.4 is 10.2 Å².